The molecule has 0 unspecified atom stereocenters. The standard InChI is InChI=1S/C16H18FN3O2S/c1-3-4-12-8-14(21)20-16(18-12)23-9-15(22)19-13-7-11(17)6-5-10(13)2/h5-8H,3-4,9H2,1-2H3,(H,19,22)(H,18,20,21). The molecule has 5 nitrogen and oxygen atoms in total. The van der Waals surface area contributed by atoms with E-state index in [0.29, 0.717) is 23.0 Å². The Labute approximate surface area is 137 Å². The fraction of sp³-hybridized carbons (Fsp3) is 0.312. The Balaban J connectivity index is 1.99. The third-order valence-corrected chi connectivity index (χ3v) is 3.97. The summed E-state index contributed by atoms with van der Waals surface area (Å²) in [4.78, 5) is 30.4. The number of benzene rings is 1. The van der Waals surface area contributed by atoms with Gasteiger partial charge in [0, 0.05) is 17.4 Å². The maximum Gasteiger partial charge on any atom is 0.251 e. The van der Waals surface area contributed by atoms with E-state index in [9.17, 15) is 14.0 Å². The van der Waals surface area contributed by atoms with Gasteiger partial charge in [-0.25, -0.2) is 9.37 Å². The Hall–Kier alpha value is -2.15. The number of nitrogens with one attached hydrogen (secondary N) is 2. The molecule has 0 saturated heterocycles. The van der Waals surface area contributed by atoms with Crippen LogP contribution in [0.4, 0.5) is 10.1 Å². The van der Waals surface area contributed by atoms with E-state index in [1.807, 2.05) is 6.92 Å². The molecular formula is C16H18FN3O2S. The summed E-state index contributed by atoms with van der Waals surface area (Å²) in [6.45, 7) is 3.79. The zero-order valence-electron chi connectivity index (χ0n) is 13.0. The van der Waals surface area contributed by atoms with Gasteiger partial charge in [-0.1, -0.05) is 31.2 Å². The number of rotatable bonds is 6. The molecule has 0 atom stereocenters. The molecule has 1 aromatic heterocycles. The first kappa shape index (κ1) is 17.2. The van der Waals surface area contributed by atoms with E-state index in [0.717, 1.165) is 23.7 Å². The largest absolute Gasteiger partial charge is 0.325 e. The van der Waals surface area contributed by atoms with Crippen LogP contribution in [-0.4, -0.2) is 21.6 Å². The van der Waals surface area contributed by atoms with Crippen molar-refractivity contribution in [2.24, 2.45) is 0 Å². The van der Waals surface area contributed by atoms with Gasteiger partial charge in [-0.15, -0.1) is 0 Å². The second kappa shape index (κ2) is 7.92. The summed E-state index contributed by atoms with van der Waals surface area (Å²) in [5.74, 6) is -0.613. The van der Waals surface area contributed by atoms with Crippen molar-refractivity contribution in [3.63, 3.8) is 0 Å². The van der Waals surface area contributed by atoms with Gasteiger partial charge in [-0.05, 0) is 31.0 Å². The summed E-state index contributed by atoms with van der Waals surface area (Å²) in [5.41, 5.74) is 1.70. The minimum atomic E-state index is -0.406. The maximum absolute atomic E-state index is 13.2. The highest BCUT2D eigenvalue weighted by Gasteiger charge is 2.09. The highest BCUT2D eigenvalue weighted by molar-refractivity contribution is 7.99. The number of H-pyrrole nitrogens is 1. The van der Waals surface area contributed by atoms with Crippen LogP contribution in [0.1, 0.15) is 24.6 Å². The summed E-state index contributed by atoms with van der Waals surface area (Å²) >= 11 is 1.14. The molecule has 2 aromatic rings. The first-order chi connectivity index (χ1) is 11.0. The van der Waals surface area contributed by atoms with Crippen molar-refractivity contribution >= 4 is 23.4 Å². The highest BCUT2D eigenvalue weighted by atomic mass is 32.2. The second-order valence-electron chi connectivity index (χ2n) is 5.09. The third-order valence-electron chi connectivity index (χ3n) is 3.09. The molecule has 0 bridgehead atoms. The van der Waals surface area contributed by atoms with Crippen molar-refractivity contribution in [3.8, 4) is 0 Å². The minimum absolute atomic E-state index is 0.0778. The Morgan fingerprint density at radius 3 is 2.91 bits per heavy atom. The van der Waals surface area contributed by atoms with Crippen LogP contribution in [0.25, 0.3) is 0 Å². The number of aromatic nitrogens is 2. The van der Waals surface area contributed by atoms with Crippen molar-refractivity contribution in [3.05, 3.63) is 51.7 Å². The quantitative estimate of drug-likeness (QED) is 0.629. The number of aryl methyl sites for hydroxylation is 2. The monoisotopic (exact) mass is 335 g/mol. The first-order valence-corrected chi connectivity index (χ1v) is 8.25. The van der Waals surface area contributed by atoms with Crippen LogP contribution < -0.4 is 10.9 Å². The van der Waals surface area contributed by atoms with Crippen LogP contribution in [0.3, 0.4) is 0 Å². The van der Waals surface area contributed by atoms with E-state index in [1.165, 1.54) is 18.2 Å². The van der Waals surface area contributed by atoms with Crippen LogP contribution in [0.15, 0.2) is 34.2 Å². The zero-order chi connectivity index (χ0) is 16.8. The van der Waals surface area contributed by atoms with Crippen molar-refractivity contribution in [2.45, 2.75) is 31.8 Å². The molecule has 2 rings (SSSR count). The van der Waals surface area contributed by atoms with Crippen molar-refractivity contribution < 1.29 is 9.18 Å². The number of amides is 1. The normalized spacial score (nSPS) is 10.6. The topological polar surface area (TPSA) is 74.8 Å². The van der Waals surface area contributed by atoms with Crippen molar-refractivity contribution in [1.29, 1.82) is 0 Å². The molecule has 0 spiro atoms. The molecule has 0 fully saturated rings. The average Bonchev–Trinajstić information content (AvgIpc) is 2.49. The Kier molecular flexibility index (Phi) is 5.92. The van der Waals surface area contributed by atoms with Crippen LogP contribution in [-0.2, 0) is 11.2 Å². The molecule has 0 aliphatic rings. The number of hydrogen-bond acceptors (Lipinski definition) is 4. The summed E-state index contributed by atoms with van der Waals surface area (Å²) in [6, 6.07) is 5.68. The lowest BCUT2D eigenvalue weighted by Gasteiger charge is -2.08. The number of aromatic amines is 1. The number of carbonyl (C=O) groups excluding carboxylic acids is 1. The van der Waals surface area contributed by atoms with Gasteiger partial charge >= 0.3 is 0 Å². The van der Waals surface area contributed by atoms with Gasteiger partial charge in [0.15, 0.2) is 5.16 Å². The van der Waals surface area contributed by atoms with Crippen LogP contribution in [0.5, 0.6) is 0 Å². The summed E-state index contributed by atoms with van der Waals surface area (Å²) in [6.07, 6.45) is 1.60. The lowest BCUT2D eigenvalue weighted by atomic mass is 10.2. The Morgan fingerprint density at radius 1 is 1.39 bits per heavy atom. The van der Waals surface area contributed by atoms with E-state index < -0.39 is 5.82 Å². The smallest absolute Gasteiger partial charge is 0.251 e. The summed E-state index contributed by atoms with van der Waals surface area (Å²) in [7, 11) is 0. The van der Waals surface area contributed by atoms with Crippen molar-refractivity contribution in [2.75, 3.05) is 11.1 Å². The number of anilines is 1. The molecule has 7 heteroatoms. The lowest BCUT2D eigenvalue weighted by Crippen LogP contribution is -2.16. The molecule has 0 aliphatic heterocycles. The number of carbonyl (C=O) groups is 1. The summed E-state index contributed by atoms with van der Waals surface area (Å²) in [5, 5.41) is 3.07. The van der Waals surface area contributed by atoms with E-state index >= 15 is 0 Å². The second-order valence-corrected chi connectivity index (χ2v) is 6.05. The van der Waals surface area contributed by atoms with E-state index in [2.05, 4.69) is 15.3 Å². The molecule has 0 saturated carbocycles. The lowest BCUT2D eigenvalue weighted by molar-refractivity contribution is -0.113. The molecule has 1 heterocycles. The van der Waals surface area contributed by atoms with E-state index in [4.69, 9.17) is 0 Å². The molecule has 1 aromatic carbocycles. The zero-order valence-corrected chi connectivity index (χ0v) is 13.8. The predicted molar refractivity (Wildman–Crippen MR) is 89.3 cm³/mol. The molecule has 2 N–H and O–H groups in total. The third kappa shape index (κ3) is 5.21. The molecule has 0 radical (unpaired) electrons. The van der Waals surface area contributed by atoms with Crippen LogP contribution in [0, 0.1) is 12.7 Å². The number of thioether (sulfide) groups is 1. The Bertz CT molecular complexity index is 761. The molecule has 1 amide bonds. The van der Waals surface area contributed by atoms with Gasteiger partial charge in [-0.2, -0.15) is 0 Å². The number of halogens is 1. The van der Waals surface area contributed by atoms with Gasteiger partial charge in [0.05, 0.1) is 5.75 Å². The fourth-order valence-electron chi connectivity index (χ4n) is 1.99. The summed E-state index contributed by atoms with van der Waals surface area (Å²) < 4.78 is 13.2. The predicted octanol–water partition coefficient (Wildman–Crippen LogP) is 2.90. The van der Waals surface area contributed by atoms with E-state index in [1.54, 1.807) is 13.0 Å². The Morgan fingerprint density at radius 2 is 2.17 bits per heavy atom. The molecule has 23 heavy (non-hydrogen) atoms. The van der Waals surface area contributed by atoms with Gasteiger partial charge in [0.2, 0.25) is 5.91 Å². The van der Waals surface area contributed by atoms with Crippen molar-refractivity contribution in [1.82, 2.24) is 9.97 Å². The molecule has 0 aliphatic carbocycles. The van der Waals surface area contributed by atoms with Gasteiger partial charge in [0.1, 0.15) is 5.82 Å². The van der Waals surface area contributed by atoms with Gasteiger partial charge < -0.3 is 10.3 Å². The average molecular weight is 335 g/mol. The molecule has 122 valence electrons. The highest BCUT2D eigenvalue weighted by Crippen LogP contribution is 2.17. The van der Waals surface area contributed by atoms with Gasteiger partial charge in [-0.3, -0.25) is 9.59 Å². The maximum atomic E-state index is 13.2. The number of nitrogens with zero attached hydrogens (tertiary/aromatic N) is 1. The molecular weight excluding hydrogens is 317 g/mol. The number of hydrogen-bond donors (Lipinski definition) is 2. The minimum Gasteiger partial charge on any atom is -0.325 e. The van der Waals surface area contributed by atoms with Crippen LogP contribution >= 0.6 is 11.8 Å². The van der Waals surface area contributed by atoms with Gasteiger partial charge in [0.25, 0.3) is 5.56 Å². The van der Waals surface area contributed by atoms with E-state index in [-0.39, 0.29) is 17.2 Å². The van der Waals surface area contributed by atoms with Crippen LogP contribution in [0.2, 0.25) is 0 Å². The SMILES string of the molecule is CCCc1cc(=O)[nH]c(SCC(=O)Nc2cc(F)ccc2C)n1. The fourth-order valence-corrected chi connectivity index (χ4v) is 2.68. The first-order valence-electron chi connectivity index (χ1n) is 7.27.